The van der Waals surface area contributed by atoms with Crippen LogP contribution >= 0.6 is 34.4 Å². The molecule has 1 amide bonds. The molecular weight excluding hydrogens is 483 g/mol. The number of amides is 1. The fourth-order valence-corrected chi connectivity index (χ4v) is 7.23. The first-order valence-corrected chi connectivity index (χ1v) is 14.4. The lowest BCUT2D eigenvalue weighted by Crippen LogP contribution is -2.28. The molecule has 1 atom stereocenters. The van der Waals surface area contributed by atoms with Crippen LogP contribution in [0, 0.1) is 22.7 Å². The number of hydrogen-bond acceptors (Lipinski definition) is 7. The third-order valence-corrected chi connectivity index (χ3v) is 10.3. The zero-order valence-corrected chi connectivity index (χ0v) is 22.8. The number of carbonyl (C=O) groups is 1. The van der Waals surface area contributed by atoms with Crippen molar-refractivity contribution in [3.8, 4) is 17.5 Å². The van der Waals surface area contributed by atoms with E-state index >= 15 is 0 Å². The number of aromatic nitrogens is 3. The number of nitrogens with one attached hydrogen (secondary N) is 1. The maximum atomic E-state index is 12.8. The Balaban J connectivity index is 1.42. The van der Waals surface area contributed by atoms with Crippen LogP contribution in [-0.2, 0) is 31.1 Å². The van der Waals surface area contributed by atoms with Crippen LogP contribution in [0.1, 0.15) is 61.4 Å². The van der Waals surface area contributed by atoms with Crippen LogP contribution < -0.4 is 5.32 Å². The zero-order chi connectivity index (χ0) is 24.5. The minimum Gasteiger partial charge on any atom is -0.316 e. The highest BCUT2D eigenvalue weighted by molar-refractivity contribution is 7.99. The number of nitrogens with zero attached hydrogens (tertiary/aromatic N) is 4. The average molecular weight is 514 g/mol. The van der Waals surface area contributed by atoms with Crippen molar-refractivity contribution in [1.82, 2.24) is 14.8 Å². The van der Waals surface area contributed by atoms with E-state index in [0.29, 0.717) is 21.6 Å². The van der Waals surface area contributed by atoms with Crippen LogP contribution in [0.4, 0.5) is 5.00 Å². The molecule has 1 unspecified atom stereocenters. The first kappa shape index (κ1) is 25.0. The predicted molar refractivity (Wildman–Crippen MR) is 142 cm³/mol. The quantitative estimate of drug-likeness (QED) is 0.357. The van der Waals surface area contributed by atoms with Crippen LogP contribution in [0.3, 0.4) is 0 Å². The molecule has 0 bridgehead atoms. The van der Waals surface area contributed by atoms with Gasteiger partial charge in [-0.1, -0.05) is 45.9 Å². The number of aryl methyl sites for hydroxylation is 1. The van der Waals surface area contributed by atoms with Gasteiger partial charge < -0.3 is 9.88 Å². The summed E-state index contributed by atoms with van der Waals surface area (Å²) in [5.74, 6) is 1.51. The van der Waals surface area contributed by atoms with Crippen molar-refractivity contribution in [2.75, 3.05) is 11.1 Å². The van der Waals surface area contributed by atoms with Crippen LogP contribution in [-0.4, -0.2) is 26.4 Å². The highest BCUT2D eigenvalue weighted by Gasteiger charge is 2.34. The summed E-state index contributed by atoms with van der Waals surface area (Å²) < 4.78 is 1.93. The molecule has 4 rings (SSSR count). The molecule has 180 valence electrons. The molecule has 9 heteroatoms. The topological polar surface area (TPSA) is 83.6 Å². The molecule has 3 heterocycles. The molecule has 1 aliphatic rings. The molecule has 0 aliphatic heterocycles. The number of thiophene rings is 2. The standard InChI is InChI=1S/C25H31N5OS3/c1-6-17-10-15(13-32-17)22-28-29-24(30(22)5)33-14-21(31)27-23-19(12-26)18-9-8-16(11-20(18)34-23)25(3,4)7-2/h10,13,16H,6-9,11,14H2,1-5H3,(H,27,31). The zero-order valence-electron chi connectivity index (χ0n) is 20.4. The molecule has 1 N–H and O–H groups in total. The average Bonchev–Trinajstić information content (AvgIpc) is 3.53. The molecule has 0 aromatic carbocycles. The van der Waals surface area contributed by atoms with Gasteiger partial charge in [-0.15, -0.1) is 32.9 Å². The van der Waals surface area contributed by atoms with E-state index in [9.17, 15) is 10.1 Å². The molecule has 3 aromatic heterocycles. The summed E-state index contributed by atoms with van der Waals surface area (Å²) in [4.78, 5) is 15.3. The van der Waals surface area contributed by atoms with E-state index in [1.807, 2.05) is 11.6 Å². The van der Waals surface area contributed by atoms with E-state index in [4.69, 9.17) is 0 Å². The number of carbonyl (C=O) groups excluding carboxylic acids is 1. The second kappa shape index (κ2) is 10.2. The summed E-state index contributed by atoms with van der Waals surface area (Å²) in [7, 11) is 1.92. The number of thioether (sulfide) groups is 1. The second-order valence-corrected chi connectivity index (χ2v) is 12.5. The Kier molecular flexibility index (Phi) is 7.51. The number of anilines is 1. The van der Waals surface area contributed by atoms with E-state index in [0.717, 1.165) is 49.1 Å². The molecule has 3 aromatic rings. The first-order valence-electron chi connectivity index (χ1n) is 11.7. The van der Waals surface area contributed by atoms with Crippen LogP contribution in [0.5, 0.6) is 0 Å². The smallest absolute Gasteiger partial charge is 0.235 e. The van der Waals surface area contributed by atoms with E-state index in [1.54, 1.807) is 22.7 Å². The van der Waals surface area contributed by atoms with Crippen LogP contribution in [0.2, 0.25) is 0 Å². The van der Waals surface area contributed by atoms with Gasteiger partial charge >= 0.3 is 0 Å². The fourth-order valence-electron chi connectivity index (χ4n) is 4.42. The van der Waals surface area contributed by atoms with Crippen molar-refractivity contribution in [3.05, 3.63) is 32.3 Å². The molecular formula is C25H31N5OS3. The Morgan fingerprint density at radius 2 is 2.18 bits per heavy atom. The summed E-state index contributed by atoms with van der Waals surface area (Å²) in [6.45, 7) is 9.05. The normalized spacial score (nSPS) is 15.7. The minimum absolute atomic E-state index is 0.126. The summed E-state index contributed by atoms with van der Waals surface area (Å²) in [5.41, 5.74) is 3.13. The number of hydrogen-bond donors (Lipinski definition) is 1. The summed E-state index contributed by atoms with van der Waals surface area (Å²) in [6.07, 6.45) is 5.14. The molecule has 0 saturated heterocycles. The Labute approximate surface area is 213 Å². The molecule has 6 nitrogen and oxygen atoms in total. The Morgan fingerprint density at radius 1 is 1.38 bits per heavy atom. The SMILES string of the molecule is CCc1cc(-c2nnc(SCC(=O)Nc3sc4c(c3C#N)CCC(C(C)(C)CC)C4)n2C)cs1. The van der Waals surface area contributed by atoms with Gasteiger partial charge in [0.05, 0.1) is 11.3 Å². The van der Waals surface area contributed by atoms with Crippen molar-refractivity contribution in [1.29, 1.82) is 5.26 Å². The predicted octanol–water partition coefficient (Wildman–Crippen LogP) is 6.31. The fraction of sp³-hybridized carbons (Fsp3) is 0.520. The lowest BCUT2D eigenvalue weighted by molar-refractivity contribution is -0.113. The summed E-state index contributed by atoms with van der Waals surface area (Å²) in [6, 6.07) is 4.49. The van der Waals surface area contributed by atoms with E-state index in [1.165, 1.54) is 21.5 Å². The minimum atomic E-state index is -0.126. The van der Waals surface area contributed by atoms with Gasteiger partial charge in [0.2, 0.25) is 5.91 Å². The van der Waals surface area contributed by atoms with Crippen molar-refractivity contribution in [2.45, 2.75) is 65.0 Å². The highest BCUT2D eigenvalue weighted by atomic mass is 32.2. The molecule has 0 saturated carbocycles. The third kappa shape index (κ3) is 4.95. The lowest BCUT2D eigenvalue weighted by atomic mass is 9.69. The van der Waals surface area contributed by atoms with E-state index < -0.39 is 0 Å². The molecule has 1 aliphatic carbocycles. The van der Waals surface area contributed by atoms with Crippen molar-refractivity contribution < 1.29 is 4.79 Å². The van der Waals surface area contributed by atoms with Gasteiger partial charge in [-0.2, -0.15) is 5.26 Å². The largest absolute Gasteiger partial charge is 0.316 e. The van der Waals surface area contributed by atoms with Gasteiger partial charge in [-0.05, 0) is 48.6 Å². The second-order valence-electron chi connectivity index (χ2n) is 9.46. The third-order valence-electron chi connectivity index (χ3n) is 7.07. The number of fused-ring (bicyclic) bond motifs is 1. The maximum Gasteiger partial charge on any atom is 0.235 e. The van der Waals surface area contributed by atoms with Gasteiger partial charge in [0.1, 0.15) is 11.1 Å². The van der Waals surface area contributed by atoms with Crippen molar-refractivity contribution >= 4 is 45.3 Å². The Hall–Kier alpha value is -2.15. The van der Waals surface area contributed by atoms with Gasteiger partial charge in [-0.3, -0.25) is 4.79 Å². The van der Waals surface area contributed by atoms with Crippen LogP contribution in [0.25, 0.3) is 11.4 Å². The highest BCUT2D eigenvalue weighted by Crippen LogP contribution is 2.45. The first-order chi connectivity index (χ1) is 16.3. The summed E-state index contributed by atoms with van der Waals surface area (Å²) in [5, 5.41) is 24.9. The Bertz CT molecular complexity index is 1230. The molecule has 0 spiro atoms. The van der Waals surface area contributed by atoms with Crippen molar-refractivity contribution in [3.63, 3.8) is 0 Å². The molecule has 34 heavy (non-hydrogen) atoms. The van der Waals surface area contributed by atoms with Gasteiger partial charge in [0.25, 0.3) is 0 Å². The maximum absolute atomic E-state index is 12.8. The van der Waals surface area contributed by atoms with E-state index in [2.05, 4.69) is 60.7 Å². The van der Waals surface area contributed by atoms with Crippen molar-refractivity contribution in [2.24, 2.45) is 18.4 Å². The summed E-state index contributed by atoms with van der Waals surface area (Å²) >= 11 is 4.66. The molecule has 0 radical (unpaired) electrons. The van der Waals surface area contributed by atoms with Gasteiger partial charge in [0.15, 0.2) is 11.0 Å². The monoisotopic (exact) mass is 513 g/mol. The van der Waals surface area contributed by atoms with Gasteiger partial charge in [0, 0.05) is 27.7 Å². The van der Waals surface area contributed by atoms with Crippen LogP contribution in [0.15, 0.2) is 16.6 Å². The molecule has 0 fully saturated rings. The van der Waals surface area contributed by atoms with E-state index in [-0.39, 0.29) is 17.1 Å². The van der Waals surface area contributed by atoms with Gasteiger partial charge in [-0.25, -0.2) is 0 Å². The Morgan fingerprint density at radius 3 is 2.85 bits per heavy atom. The number of rotatable bonds is 8. The number of nitriles is 1. The lowest BCUT2D eigenvalue weighted by Gasteiger charge is -2.36.